The molecule has 1 aliphatic carbocycles. The van der Waals surface area contributed by atoms with Gasteiger partial charge in [0.05, 0.1) is 37.2 Å². The van der Waals surface area contributed by atoms with Crippen LogP contribution in [0.1, 0.15) is 32.1 Å². The Hall–Kier alpha value is -3.20. The molecular weight excluding hydrogens is 396 g/mol. The summed E-state index contributed by atoms with van der Waals surface area (Å²) in [6, 6.07) is 3.96. The van der Waals surface area contributed by atoms with Crippen molar-refractivity contribution in [3.05, 3.63) is 36.9 Å². The number of anilines is 2. The monoisotopic (exact) mass is 422 g/mol. The Balaban J connectivity index is 1.14. The predicted molar refractivity (Wildman–Crippen MR) is 116 cm³/mol. The van der Waals surface area contributed by atoms with Gasteiger partial charge in [-0.15, -0.1) is 0 Å². The molecule has 0 bridgehead atoms. The molecule has 1 saturated carbocycles. The largest absolute Gasteiger partial charge is 0.488 e. The zero-order chi connectivity index (χ0) is 21.0. The number of nitrogen functional groups attached to an aromatic ring is 1. The Kier molecular flexibility index (Phi) is 5.66. The number of hydrogen-bond acceptors (Lipinski definition) is 9. The summed E-state index contributed by atoms with van der Waals surface area (Å²) in [6.45, 7) is 1.38. The van der Waals surface area contributed by atoms with Gasteiger partial charge in [-0.05, 0) is 31.7 Å². The molecule has 2 aliphatic rings. The first-order chi connectivity index (χ1) is 15.2. The second-order valence-corrected chi connectivity index (χ2v) is 8.02. The van der Waals surface area contributed by atoms with Gasteiger partial charge in [0.15, 0.2) is 5.75 Å². The Morgan fingerprint density at radius 3 is 2.48 bits per heavy atom. The molecular formula is C22H26N6O3. The maximum absolute atomic E-state index is 6.26. The van der Waals surface area contributed by atoms with Crippen LogP contribution >= 0.6 is 0 Å². The van der Waals surface area contributed by atoms with Crippen molar-refractivity contribution in [2.24, 2.45) is 0 Å². The highest BCUT2D eigenvalue weighted by molar-refractivity contribution is 5.84. The standard InChI is InChI=1S/C22H26N6O3/c23-14-9-19-21(25-7-6-24-19)20(10-14)31-16-3-1-15(2-4-16)28-22-26-11-18(12-27-22)30-17-5-8-29-13-17/h6-7,9-12,15-17H,1-5,8,13,23H2,(H,26,27,28)/t15?,16?,17-/m1/s1. The minimum Gasteiger partial charge on any atom is -0.488 e. The van der Waals surface area contributed by atoms with Gasteiger partial charge in [0, 0.05) is 36.6 Å². The molecule has 3 N–H and O–H groups in total. The zero-order valence-corrected chi connectivity index (χ0v) is 17.2. The number of nitrogens with one attached hydrogen (secondary N) is 1. The molecule has 3 aromatic rings. The van der Waals surface area contributed by atoms with E-state index < -0.39 is 0 Å². The SMILES string of the molecule is Nc1cc(OC2CCC(Nc3ncc(O[C@@H]4CCOC4)cn3)CC2)c2nccnc2c1. The smallest absolute Gasteiger partial charge is 0.223 e. The molecule has 2 aromatic heterocycles. The van der Waals surface area contributed by atoms with E-state index in [0.717, 1.165) is 49.7 Å². The summed E-state index contributed by atoms with van der Waals surface area (Å²) < 4.78 is 17.4. The van der Waals surface area contributed by atoms with Crippen LogP contribution in [0.3, 0.4) is 0 Å². The van der Waals surface area contributed by atoms with E-state index >= 15 is 0 Å². The van der Waals surface area contributed by atoms with E-state index in [1.165, 1.54) is 0 Å². The topological polar surface area (TPSA) is 117 Å². The number of nitrogens with zero attached hydrogens (tertiary/aromatic N) is 4. The molecule has 0 radical (unpaired) electrons. The summed E-state index contributed by atoms with van der Waals surface area (Å²) >= 11 is 0. The van der Waals surface area contributed by atoms with Gasteiger partial charge in [-0.3, -0.25) is 4.98 Å². The van der Waals surface area contributed by atoms with Gasteiger partial charge in [0.25, 0.3) is 0 Å². The fourth-order valence-corrected chi connectivity index (χ4v) is 4.09. The minimum atomic E-state index is 0.0979. The summed E-state index contributed by atoms with van der Waals surface area (Å²) in [6.07, 6.45) is 11.7. The fraction of sp³-hybridized carbons (Fsp3) is 0.455. The Morgan fingerprint density at radius 1 is 0.903 bits per heavy atom. The van der Waals surface area contributed by atoms with Crippen LogP contribution in [0.15, 0.2) is 36.9 Å². The number of nitrogens with two attached hydrogens (primary N) is 1. The van der Waals surface area contributed by atoms with Crippen LogP contribution in [0, 0.1) is 0 Å². The van der Waals surface area contributed by atoms with E-state index in [9.17, 15) is 0 Å². The van der Waals surface area contributed by atoms with Crippen molar-refractivity contribution in [3.8, 4) is 11.5 Å². The molecule has 2 fully saturated rings. The van der Waals surface area contributed by atoms with Crippen molar-refractivity contribution >= 4 is 22.7 Å². The number of fused-ring (bicyclic) bond motifs is 1. The van der Waals surface area contributed by atoms with Gasteiger partial charge in [-0.1, -0.05) is 0 Å². The first-order valence-electron chi connectivity index (χ1n) is 10.7. The lowest BCUT2D eigenvalue weighted by Crippen LogP contribution is -2.31. The first-order valence-corrected chi connectivity index (χ1v) is 10.7. The van der Waals surface area contributed by atoms with Gasteiger partial charge < -0.3 is 25.3 Å². The van der Waals surface area contributed by atoms with Crippen molar-refractivity contribution in [3.63, 3.8) is 0 Å². The average molecular weight is 422 g/mol. The van der Waals surface area contributed by atoms with E-state index in [1.54, 1.807) is 24.8 Å². The number of hydrogen-bond donors (Lipinski definition) is 2. The predicted octanol–water partition coefficient (Wildman–Crippen LogP) is 2.97. The quantitative estimate of drug-likeness (QED) is 0.578. The van der Waals surface area contributed by atoms with E-state index in [4.69, 9.17) is 19.9 Å². The fourth-order valence-electron chi connectivity index (χ4n) is 4.09. The van der Waals surface area contributed by atoms with Gasteiger partial charge in [-0.2, -0.15) is 0 Å². The van der Waals surface area contributed by atoms with Crippen molar-refractivity contribution in [2.75, 3.05) is 24.3 Å². The lowest BCUT2D eigenvalue weighted by atomic mass is 9.93. The molecule has 31 heavy (non-hydrogen) atoms. The van der Waals surface area contributed by atoms with Crippen LogP contribution in [-0.4, -0.2) is 51.4 Å². The molecule has 0 amide bonds. The second kappa shape index (κ2) is 8.89. The highest BCUT2D eigenvalue weighted by atomic mass is 16.5. The van der Waals surface area contributed by atoms with Gasteiger partial charge >= 0.3 is 0 Å². The van der Waals surface area contributed by atoms with E-state index in [-0.39, 0.29) is 12.2 Å². The first kappa shape index (κ1) is 19.7. The van der Waals surface area contributed by atoms with E-state index in [2.05, 4.69) is 25.3 Å². The van der Waals surface area contributed by atoms with Crippen molar-refractivity contribution in [1.82, 2.24) is 19.9 Å². The maximum Gasteiger partial charge on any atom is 0.223 e. The lowest BCUT2D eigenvalue weighted by Gasteiger charge is -2.29. The summed E-state index contributed by atoms with van der Waals surface area (Å²) in [4.78, 5) is 17.5. The third-order valence-electron chi connectivity index (χ3n) is 5.68. The van der Waals surface area contributed by atoms with Crippen LogP contribution in [0.2, 0.25) is 0 Å². The van der Waals surface area contributed by atoms with Crippen molar-refractivity contribution in [1.29, 1.82) is 0 Å². The molecule has 0 unspecified atom stereocenters. The molecule has 162 valence electrons. The number of aromatic nitrogens is 4. The summed E-state index contributed by atoms with van der Waals surface area (Å²) in [5.41, 5.74) is 8.13. The highest BCUT2D eigenvalue weighted by Crippen LogP contribution is 2.30. The molecule has 1 saturated heterocycles. The molecule has 0 spiro atoms. The second-order valence-electron chi connectivity index (χ2n) is 8.02. The highest BCUT2D eigenvalue weighted by Gasteiger charge is 2.24. The molecule has 5 rings (SSSR count). The number of benzene rings is 1. The molecule has 9 nitrogen and oxygen atoms in total. The van der Waals surface area contributed by atoms with Crippen molar-refractivity contribution < 1.29 is 14.2 Å². The van der Waals surface area contributed by atoms with Crippen molar-refractivity contribution in [2.45, 2.75) is 50.4 Å². The summed E-state index contributed by atoms with van der Waals surface area (Å²) in [7, 11) is 0. The third kappa shape index (κ3) is 4.77. The Morgan fingerprint density at radius 2 is 1.71 bits per heavy atom. The van der Waals surface area contributed by atoms with E-state index in [1.807, 2.05) is 12.1 Å². The Labute approximate surface area is 180 Å². The molecule has 1 aromatic carbocycles. The maximum atomic E-state index is 6.26. The van der Waals surface area contributed by atoms with Crippen LogP contribution in [-0.2, 0) is 4.74 Å². The van der Waals surface area contributed by atoms with Crippen LogP contribution in [0.5, 0.6) is 11.5 Å². The molecule has 3 heterocycles. The minimum absolute atomic E-state index is 0.0979. The van der Waals surface area contributed by atoms with Crippen LogP contribution in [0.4, 0.5) is 11.6 Å². The van der Waals surface area contributed by atoms with E-state index in [0.29, 0.717) is 35.8 Å². The molecule has 9 heteroatoms. The van der Waals surface area contributed by atoms with Gasteiger partial charge in [-0.25, -0.2) is 15.0 Å². The zero-order valence-electron chi connectivity index (χ0n) is 17.2. The molecule has 1 aliphatic heterocycles. The lowest BCUT2D eigenvalue weighted by molar-refractivity contribution is 0.141. The van der Waals surface area contributed by atoms with Gasteiger partial charge in [0.1, 0.15) is 17.4 Å². The third-order valence-corrected chi connectivity index (χ3v) is 5.68. The molecule has 1 atom stereocenters. The van der Waals surface area contributed by atoms with Crippen LogP contribution in [0.25, 0.3) is 11.0 Å². The normalized spacial score (nSPS) is 23.5. The van der Waals surface area contributed by atoms with Crippen LogP contribution < -0.4 is 20.5 Å². The summed E-state index contributed by atoms with van der Waals surface area (Å²) in [5.74, 6) is 2.00. The number of ether oxygens (including phenoxy) is 3. The Bertz CT molecular complexity index is 1020. The number of rotatable bonds is 6. The average Bonchev–Trinajstić information content (AvgIpc) is 3.29. The summed E-state index contributed by atoms with van der Waals surface area (Å²) in [5, 5.41) is 3.42. The van der Waals surface area contributed by atoms with Gasteiger partial charge in [0.2, 0.25) is 5.95 Å².